The van der Waals surface area contributed by atoms with Gasteiger partial charge >= 0.3 is 0 Å². The second-order valence-corrected chi connectivity index (χ2v) is 7.96. The summed E-state index contributed by atoms with van der Waals surface area (Å²) in [5.41, 5.74) is 2.17. The molecular weight excluding hydrogens is 328 g/mol. The molecule has 1 aromatic heterocycles. The quantitative estimate of drug-likeness (QED) is 0.743. The lowest BCUT2D eigenvalue weighted by Crippen LogP contribution is -2.37. The smallest absolute Gasteiger partial charge is 0.230 e. The Bertz CT molecular complexity index is 657. The van der Waals surface area contributed by atoms with Crippen LogP contribution >= 0.6 is 23.1 Å². The minimum Gasteiger partial charge on any atom is -0.353 e. The van der Waals surface area contributed by atoms with Crippen LogP contribution in [0.15, 0.2) is 28.6 Å². The van der Waals surface area contributed by atoms with E-state index in [0.29, 0.717) is 11.7 Å². The molecule has 0 aliphatic carbocycles. The Labute approximate surface area is 145 Å². The minimum absolute atomic E-state index is 0.0274. The molecular formula is C16H22N4OS2. The van der Waals surface area contributed by atoms with Gasteiger partial charge in [0.05, 0.1) is 5.75 Å². The Morgan fingerprint density at radius 2 is 2.09 bits per heavy atom. The van der Waals surface area contributed by atoms with Crippen molar-refractivity contribution in [1.29, 1.82) is 0 Å². The van der Waals surface area contributed by atoms with Gasteiger partial charge in [-0.15, -0.1) is 10.2 Å². The summed E-state index contributed by atoms with van der Waals surface area (Å²) in [7, 11) is 0. The first-order chi connectivity index (χ1) is 10.9. The first kappa shape index (κ1) is 17.7. The number of anilines is 2. The van der Waals surface area contributed by atoms with Crippen LogP contribution in [0.3, 0.4) is 0 Å². The molecule has 0 bridgehead atoms. The summed E-state index contributed by atoms with van der Waals surface area (Å²) < 4.78 is 0.785. The maximum absolute atomic E-state index is 11.9. The molecule has 5 nitrogen and oxygen atoms in total. The lowest BCUT2D eigenvalue weighted by atomic mass is 10.1. The molecule has 2 aromatic rings. The van der Waals surface area contributed by atoms with Gasteiger partial charge < -0.3 is 10.6 Å². The maximum Gasteiger partial charge on any atom is 0.230 e. The number of nitrogens with zero attached hydrogens (tertiary/aromatic N) is 2. The van der Waals surface area contributed by atoms with Gasteiger partial charge in [-0.25, -0.2) is 0 Å². The molecule has 1 heterocycles. The van der Waals surface area contributed by atoms with Gasteiger partial charge in [-0.2, -0.15) is 0 Å². The first-order valence-corrected chi connectivity index (χ1v) is 9.33. The fraction of sp³-hybridized carbons (Fsp3) is 0.438. The number of amides is 1. The first-order valence-electron chi connectivity index (χ1n) is 7.53. The number of aryl methyl sites for hydroxylation is 1. The number of thioether (sulfide) groups is 1. The van der Waals surface area contributed by atoms with E-state index < -0.39 is 0 Å². The SMILES string of the molecule is Cc1cccc(Nc2nnc(SCC(=O)NC(C)C(C)C)s2)c1. The van der Waals surface area contributed by atoms with E-state index in [9.17, 15) is 4.79 Å². The van der Waals surface area contributed by atoms with Crippen molar-refractivity contribution in [1.82, 2.24) is 15.5 Å². The number of aromatic nitrogens is 2. The summed E-state index contributed by atoms with van der Waals surface area (Å²) in [4.78, 5) is 11.9. The normalized spacial score (nSPS) is 12.2. The number of carbonyl (C=O) groups excluding carboxylic acids is 1. The standard InChI is InChI=1S/C16H22N4OS2/c1-10(2)12(4)17-14(21)9-22-16-20-19-15(23-16)18-13-7-5-6-11(3)8-13/h5-8,10,12H,9H2,1-4H3,(H,17,21)(H,18,19). The predicted octanol–water partition coefficient (Wildman–Crippen LogP) is 3.84. The average molecular weight is 351 g/mol. The predicted molar refractivity (Wildman–Crippen MR) is 97.5 cm³/mol. The van der Waals surface area contributed by atoms with E-state index in [4.69, 9.17) is 0 Å². The summed E-state index contributed by atoms with van der Waals surface area (Å²) in [6.45, 7) is 8.24. The van der Waals surface area contributed by atoms with Gasteiger partial charge in [-0.1, -0.05) is 49.1 Å². The van der Waals surface area contributed by atoms with E-state index in [1.165, 1.54) is 28.7 Å². The number of nitrogens with one attached hydrogen (secondary N) is 2. The molecule has 2 N–H and O–H groups in total. The highest BCUT2D eigenvalue weighted by Gasteiger charge is 2.12. The number of hydrogen-bond donors (Lipinski definition) is 2. The number of rotatable bonds is 7. The van der Waals surface area contributed by atoms with E-state index in [1.54, 1.807) is 0 Å². The zero-order chi connectivity index (χ0) is 16.8. The molecule has 124 valence electrons. The van der Waals surface area contributed by atoms with Crippen LogP contribution in [0.2, 0.25) is 0 Å². The van der Waals surface area contributed by atoms with Crippen LogP contribution in [0.25, 0.3) is 0 Å². The van der Waals surface area contributed by atoms with Crippen molar-refractivity contribution in [3.8, 4) is 0 Å². The molecule has 0 aliphatic rings. The van der Waals surface area contributed by atoms with Crippen LogP contribution < -0.4 is 10.6 Å². The largest absolute Gasteiger partial charge is 0.353 e. The molecule has 2 rings (SSSR count). The van der Waals surface area contributed by atoms with Crippen molar-refractivity contribution >= 4 is 39.8 Å². The number of benzene rings is 1. The molecule has 0 fully saturated rings. The lowest BCUT2D eigenvalue weighted by Gasteiger charge is -2.16. The summed E-state index contributed by atoms with van der Waals surface area (Å²) in [6, 6.07) is 8.26. The maximum atomic E-state index is 11.9. The summed E-state index contributed by atoms with van der Waals surface area (Å²) in [5, 5.41) is 15.2. The zero-order valence-electron chi connectivity index (χ0n) is 13.8. The highest BCUT2D eigenvalue weighted by Crippen LogP contribution is 2.27. The Balaban J connectivity index is 1.84. The molecule has 0 radical (unpaired) electrons. The Kier molecular flexibility index (Phi) is 6.41. The Morgan fingerprint density at radius 3 is 2.78 bits per heavy atom. The van der Waals surface area contributed by atoms with Crippen LogP contribution in [-0.2, 0) is 4.79 Å². The fourth-order valence-corrected chi connectivity index (χ4v) is 3.34. The molecule has 23 heavy (non-hydrogen) atoms. The highest BCUT2D eigenvalue weighted by atomic mass is 32.2. The van der Waals surface area contributed by atoms with Crippen LogP contribution in [-0.4, -0.2) is 27.9 Å². The third-order valence-electron chi connectivity index (χ3n) is 3.39. The number of hydrogen-bond acceptors (Lipinski definition) is 6. The molecule has 0 aliphatic heterocycles. The number of carbonyl (C=O) groups is 1. The van der Waals surface area contributed by atoms with Crippen LogP contribution in [0.1, 0.15) is 26.3 Å². The van der Waals surface area contributed by atoms with E-state index in [1.807, 2.05) is 32.0 Å². The molecule has 1 atom stereocenters. The second kappa shape index (κ2) is 8.31. The van der Waals surface area contributed by atoms with E-state index in [2.05, 4.69) is 40.7 Å². The van der Waals surface area contributed by atoms with Gasteiger partial charge in [0.25, 0.3) is 0 Å². The molecule has 0 spiro atoms. The summed E-state index contributed by atoms with van der Waals surface area (Å²) in [5.74, 6) is 0.811. The minimum atomic E-state index is 0.0274. The summed E-state index contributed by atoms with van der Waals surface area (Å²) in [6.07, 6.45) is 0. The monoisotopic (exact) mass is 350 g/mol. The van der Waals surface area contributed by atoms with Crippen molar-refractivity contribution in [2.45, 2.75) is 38.1 Å². The van der Waals surface area contributed by atoms with Crippen molar-refractivity contribution in [2.75, 3.05) is 11.1 Å². The topological polar surface area (TPSA) is 66.9 Å². The van der Waals surface area contributed by atoms with Crippen molar-refractivity contribution in [3.05, 3.63) is 29.8 Å². The molecule has 1 amide bonds. The van der Waals surface area contributed by atoms with Crippen LogP contribution in [0.5, 0.6) is 0 Å². The van der Waals surface area contributed by atoms with Crippen molar-refractivity contribution in [2.24, 2.45) is 5.92 Å². The molecule has 1 aromatic carbocycles. The van der Waals surface area contributed by atoms with Gasteiger partial charge in [-0.3, -0.25) is 4.79 Å². The van der Waals surface area contributed by atoms with Crippen LogP contribution in [0.4, 0.5) is 10.8 Å². The molecule has 0 saturated carbocycles. The second-order valence-electron chi connectivity index (χ2n) is 5.76. The highest BCUT2D eigenvalue weighted by molar-refractivity contribution is 8.01. The zero-order valence-corrected chi connectivity index (χ0v) is 15.4. The van der Waals surface area contributed by atoms with Gasteiger partial charge in [-0.05, 0) is 37.5 Å². The third kappa shape index (κ3) is 5.84. The van der Waals surface area contributed by atoms with Gasteiger partial charge in [0.15, 0.2) is 4.34 Å². The van der Waals surface area contributed by atoms with Gasteiger partial charge in [0, 0.05) is 11.7 Å². The Hall–Kier alpha value is -1.60. The molecule has 1 unspecified atom stereocenters. The lowest BCUT2D eigenvalue weighted by molar-refractivity contribution is -0.119. The van der Waals surface area contributed by atoms with Gasteiger partial charge in [0.1, 0.15) is 0 Å². The molecule has 7 heteroatoms. The van der Waals surface area contributed by atoms with Gasteiger partial charge in [0.2, 0.25) is 11.0 Å². The average Bonchev–Trinajstić information content (AvgIpc) is 2.92. The molecule has 0 saturated heterocycles. The fourth-order valence-electron chi connectivity index (χ4n) is 1.75. The van der Waals surface area contributed by atoms with Crippen molar-refractivity contribution < 1.29 is 4.79 Å². The Morgan fingerprint density at radius 1 is 1.30 bits per heavy atom. The third-order valence-corrected chi connectivity index (χ3v) is 5.36. The van der Waals surface area contributed by atoms with E-state index in [-0.39, 0.29) is 11.9 Å². The van der Waals surface area contributed by atoms with Crippen molar-refractivity contribution in [3.63, 3.8) is 0 Å². The summed E-state index contributed by atoms with van der Waals surface area (Å²) >= 11 is 2.86. The van der Waals surface area contributed by atoms with E-state index in [0.717, 1.165) is 15.2 Å². The van der Waals surface area contributed by atoms with E-state index >= 15 is 0 Å². The van der Waals surface area contributed by atoms with Crippen LogP contribution in [0, 0.1) is 12.8 Å².